The molecule has 0 aromatic heterocycles. The summed E-state index contributed by atoms with van der Waals surface area (Å²) in [5.74, 6) is 1.28. The van der Waals surface area contributed by atoms with Crippen LogP contribution in [0, 0.1) is 0 Å². The Morgan fingerprint density at radius 2 is 1.83 bits per heavy atom. The minimum atomic E-state index is -3.45. The van der Waals surface area contributed by atoms with Gasteiger partial charge in [-0.1, -0.05) is 6.92 Å². The van der Waals surface area contributed by atoms with E-state index >= 15 is 0 Å². The maximum atomic E-state index is 11.6. The number of sulfonamides is 1. The highest BCUT2D eigenvalue weighted by molar-refractivity contribution is 7.89. The molecule has 0 aliphatic rings. The first-order valence-corrected chi connectivity index (χ1v) is 9.06. The number of nitrogens with one attached hydrogen (secondary N) is 2. The minimum absolute atomic E-state index is 0.159. The molecule has 0 aliphatic carbocycles. The average Bonchev–Trinajstić information content (AvgIpc) is 2.44. The zero-order valence-electron chi connectivity index (χ0n) is 14.4. The van der Waals surface area contributed by atoms with Crippen molar-refractivity contribution in [3.8, 4) is 11.5 Å². The predicted octanol–water partition coefficient (Wildman–Crippen LogP) is 2.21. The third-order valence-electron chi connectivity index (χ3n) is 3.21. The summed E-state index contributed by atoms with van der Waals surface area (Å²) in [7, 11) is -0.370. The van der Waals surface area contributed by atoms with Crippen molar-refractivity contribution in [2.45, 2.75) is 32.7 Å². The molecule has 23 heavy (non-hydrogen) atoms. The first-order chi connectivity index (χ1) is 10.6. The standard InChI is InChI=1S/C15H25N3O4S/c1-7-15(2,3)17-14(18-23(6,19)20)16-11-8-9-12(21-4)13(10-11)22-5/h8-10H,7H2,1-6H3,(H2,16,17,18). The Hall–Kier alpha value is -1.96. The van der Waals surface area contributed by atoms with E-state index in [-0.39, 0.29) is 5.96 Å². The number of ether oxygens (including phenoxy) is 2. The number of methoxy groups -OCH3 is 2. The lowest BCUT2D eigenvalue weighted by molar-refractivity contribution is 0.355. The summed E-state index contributed by atoms with van der Waals surface area (Å²) < 4.78 is 35.9. The van der Waals surface area contributed by atoms with Crippen LogP contribution in [0.5, 0.6) is 11.5 Å². The molecule has 1 aromatic rings. The van der Waals surface area contributed by atoms with Crippen molar-refractivity contribution in [2.24, 2.45) is 4.99 Å². The minimum Gasteiger partial charge on any atom is -0.493 e. The lowest BCUT2D eigenvalue weighted by Gasteiger charge is -2.21. The fraction of sp³-hybridized carbons (Fsp3) is 0.533. The van der Waals surface area contributed by atoms with Gasteiger partial charge in [0, 0.05) is 11.8 Å². The van der Waals surface area contributed by atoms with Crippen LogP contribution in [0.25, 0.3) is 0 Å². The van der Waals surface area contributed by atoms with Crippen LogP contribution in [0.3, 0.4) is 0 Å². The SMILES string of the molecule is CCC(C)(C)N=C(Nc1ccc(OC)c(OC)c1)NS(C)(=O)=O. The molecule has 7 nitrogen and oxygen atoms in total. The van der Waals surface area contributed by atoms with Crippen molar-refractivity contribution in [2.75, 3.05) is 25.8 Å². The molecule has 0 spiro atoms. The molecule has 0 bridgehead atoms. The predicted molar refractivity (Wildman–Crippen MR) is 93.0 cm³/mol. The molecule has 0 radical (unpaired) electrons. The van der Waals surface area contributed by atoms with Gasteiger partial charge in [0.2, 0.25) is 16.0 Å². The van der Waals surface area contributed by atoms with Crippen LogP contribution in [0.15, 0.2) is 23.2 Å². The normalized spacial score (nSPS) is 12.7. The zero-order valence-corrected chi connectivity index (χ0v) is 15.2. The first-order valence-electron chi connectivity index (χ1n) is 7.17. The Kier molecular flexibility index (Phi) is 6.26. The van der Waals surface area contributed by atoms with Crippen LogP contribution in [-0.2, 0) is 10.0 Å². The number of rotatable bonds is 6. The zero-order chi connectivity index (χ0) is 17.7. The number of benzene rings is 1. The van der Waals surface area contributed by atoms with Gasteiger partial charge in [-0.25, -0.2) is 13.4 Å². The fourth-order valence-electron chi connectivity index (χ4n) is 1.68. The third-order valence-corrected chi connectivity index (χ3v) is 3.77. The largest absolute Gasteiger partial charge is 0.493 e. The lowest BCUT2D eigenvalue weighted by atomic mass is 10.0. The van der Waals surface area contributed by atoms with Gasteiger partial charge in [-0.05, 0) is 32.4 Å². The summed E-state index contributed by atoms with van der Waals surface area (Å²) in [5, 5.41) is 2.98. The molecule has 0 fully saturated rings. The third kappa shape index (κ3) is 6.35. The Morgan fingerprint density at radius 3 is 2.30 bits per heavy atom. The van der Waals surface area contributed by atoms with Crippen molar-refractivity contribution >= 4 is 21.7 Å². The maximum Gasteiger partial charge on any atom is 0.232 e. The molecule has 0 unspecified atom stereocenters. The van der Waals surface area contributed by atoms with Gasteiger partial charge in [-0.2, -0.15) is 0 Å². The van der Waals surface area contributed by atoms with E-state index in [9.17, 15) is 8.42 Å². The van der Waals surface area contributed by atoms with E-state index < -0.39 is 15.6 Å². The molecule has 0 aliphatic heterocycles. The van der Waals surface area contributed by atoms with E-state index in [1.807, 2.05) is 20.8 Å². The van der Waals surface area contributed by atoms with Crippen molar-refractivity contribution < 1.29 is 17.9 Å². The van der Waals surface area contributed by atoms with Gasteiger partial charge in [0.15, 0.2) is 11.5 Å². The summed E-state index contributed by atoms with van der Waals surface area (Å²) in [4.78, 5) is 4.45. The Balaban J connectivity index is 3.15. The molecule has 0 amide bonds. The number of nitrogens with zero attached hydrogens (tertiary/aromatic N) is 1. The number of hydrogen-bond acceptors (Lipinski definition) is 5. The fourth-order valence-corrected chi connectivity index (χ4v) is 2.13. The monoisotopic (exact) mass is 343 g/mol. The molecule has 0 heterocycles. The molecule has 1 rings (SSSR count). The van der Waals surface area contributed by atoms with E-state index in [1.165, 1.54) is 7.11 Å². The molecule has 0 saturated carbocycles. The second-order valence-electron chi connectivity index (χ2n) is 5.70. The smallest absolute Gasteiger partial charge is 0.232 e. The number of anilines is 1. The summed E-state index contributed by atoms with van der Waals surface area (Å²) in [5.41, 5.74) is 0.223. The molecular weight excluding hydrogens is 318 g/mol. The van der Waals surface area contributed by atoms with E-state index in [2.05, 4.69) is 15.0 Å². The number of guanidine groups is 1. The molecule has 0 saturated heterocycles. The quantitative estimate of drug-likeness (QED) is 0.611. The van der Waals surface area contributed by atoms with Crippen LogP contribution in [0.1, 0.15) is 27.2 Å². The highest BCUT2D eigenvalue weighted by Crippen LogP contribution is 2.29. The van der Waals surface area contributed by atoms with Crippen LogP contribution in [0.4, 0.5) is 5.69 Å². The van der Waals surface area contributed by atoms with Crippen LogP contribution in [0.2, 0.25) is 0 Å². The summed E-state index contributed by atoms with van der Waals surface area (Å²) in [6, 6.07) is 5.18. The Labute approximate surface area is 138 Å². The summed E-state index contributed by atoms with van der Waals surface area (Å²) >= 11 is 0. The van der Waals surface area contributed by atoms with Gasteiger partial charge in [0.1, 0.15) is 0 Å². The van der Waals surface area contributed by atoms with Gasteiger partial charge in [0.25, 0.3) is 0 Å². The van der Waals surface area contributed by atoms with E-state index in [0.717, 1.165) is 12.7 Å². The van der Waals surface area contributed by atoms with Crippen molar-refractivity contribution in [1.82, 2.24) is 4.72 Å². The van der Waals surface area contributed by atoms with Crippen molar-refractivity contribution in [3.63, 3.8) is 0 Å². The second-order valence-corrected chi connectivity index (χ2v) is 7.44. The van der Waals surface area contributed by atoms with Crippen molar-refractivity contribution in [3.05, 3.63) is 18.2 Å². The van der Waals surface area contributed by atoms with Crippen LogP contribution in [-0.4, -0.2) is 40.4 Å². The molecule has 8 heteroatoms. The lowest BCUT2D eigenvalue weighted by Crippen LogP contribution is -2.37. The van der Waals surface area contributed by atoms with Crippen LogP contribution >= 0.6 is 0 Å². The van der Waals surface area contributed by atoms with Gasteiger partial charge in [-0.3, -0.25) is 4.72 Å². The molecule has 2 N–H and O–H groups in total. The second kappa shape index (κ2) is 7.54. The van der Waals surface area contributed by atoms with Gasteiger partial charge in [0.05, 0.1) is 26.0 Å². The summed E-state index contributed by atoms with van der Waals surface area (Å²) in [6.07, 6.45) is 1.84. The molecule has 0 atom stereocenters. The van der Waals surface area contributed by atoms with E-state index in [4.69, 9.17) is 9.47 Å². The Bertz CT molecular complexity index is 669. The van der Waals surface area contributed by atoms with E-state index in [1.54, 1.807) is 25.3 Å². The van der Waals surface area contributed by atoms with Gasteiger partial charge < -0.3 is 14.8 Å². The maximum absolute atomic E-state index is 11.6. The first kappa shape index (κ1) is 19.1. The highest BCUT2D eigenvalue weighted by Gasteiger charge is 2.17. The Morgan fingerprint density at radius 1 is 1.22 bits per heavy atom. The highest BCUT2D eigenvalue weighted by atomic mass is 32.2. The van der Waals surface area contributed by atoms with Gasteiger partial charge in [-0.15, -0.1) is 0 Å². The number of hydrogen-bond donors (Lipinski definition) is 2. The van der Waals surface area contributed by atoms with Crippen molar-refractivity contribution in [1.29, 1.82) is 0 Å². The topological polar surface area (TPSA) is 89.0 Å². The molecular formula is C15H25N3O4S. The van der Waals surface area contributed by atoms with E-state index in [0.29, 0.717) is 17.2 Å². The summed E-state index contributed by atoms with van der Waals surface area (Å²) in [6.45, 7) is 5.83. The molecule has 1 aromatic carbocycles. The molecule has 130 valence electrons. The average molecular weight is 343 g/mol. The van der Waals surface area contributed by atoms with Crippen LogP contribution < -0.4 is 19.5 Å². The van der Waals surface area contributed by atoms with Gasteiger partial charge >= 0.3 is 0 Å². The number of aliphatic imine (C=N–C) groups is 1.